The molecule has 3 aromatic rings. The molecule has 5 nitrogen and oxygen atoms in total. The molecule has 0 spiro atoms. The van der Waals surface area contributed by atoms with Gasteiger partial charge in [-0.3, -0.25) is 4.79 Å². The lowest BCUT2D eigenvalue weighted by Gasteiger charge is -2.16. The quantitative estimate of drug-likeness (QED) is 0.770. The number of carbonyl (C=O) groups excluding carboxylic acids is 1. The lowest BCUT2D eigenvalue weighted by atomic mass is 10.1. The molecule has 0 saturated carbocycles. The topological polar surface area (TPSA) is 68.5 Å². The Morgan fingerprint density at radius 3 is 2.48 bits per heavy atom. The summed E-state index contributed by atoms with van der Waals surface area (Å²) in [5, 5.41) is 9.26. The van der Waals surface area contributed by atoms with Gasteiger partial charge in [-0.2, -0.15) is 0 Å². The molecule has 128 valence electrons. The van der Waals surface area contributed by atoms with Crippen LogP contribution in [-0.2, 0) is 4.74 Å². The van der Waals surface area contributed by atoms with Crippen LogP contribution in [0.1, 0.15) is 6.92 Å². The maximum atomic E-state index is 14.4. The zero-order valence-electron chi connectivity index (χ0n) is 13.1. The van der Waals surface area contributed by atoms with Gasteiger partial charge in [0.25, 0.3) is 0 Å². The van der Waals surface area contributed by atoms with Gasteiger partial charge in [-0.05, 0) is 48.9 Å². The summed E-state index contributed by atoms with van der Waals surface area (Å²) in [4.78, 5) is 24.7. The minimum atomic E-state index is -1.32. The average Bonchev–Trinajstić information content (AvgIpc) is 2.59. The molecule has 0 fully saturated rings. The van der Waals surface area contributed by atoms with Crippen molar-refractivity contribution in [2.45, 2.75) is 6.92 Å². The molecule has 7 heteroatoms. The zero-order chi connectivity index (χ0) is 18.1. The van der Waals surface area contributed by atoms with Crippen LogP contribution in [0, 0.1) is 11.6 Å². The second-order valence-corrected chi connectivity index (χ2v) is 5.23. The SMILES string of the molecule is CCOC(=O)n1c(-c2ccc(O)cc2)cc(=O)c2ccc(F)c(F)c21. The Hall–Kier alpha value is -3.22. The molecule has 0 aliphatic carbocycles. The molecule has 0 aliphatic rings. The number of hydrogen-bond donors (Lipinski definition) is 1. The van der Waals surface area contributed by atoms with E-state index in [1.807, 2.05) is 0 Å². The third kappa shape index (κ3) is 2.84. The number of aromatic nitrogens is 1. The number of hydrogen-bond acceptors (Lipinski definition) is 4. The van der Waals surface area contributed by atoms with Crippen molar-refractivity contribution in [2.75, 3.05) is 6.61 Å². The van der Waals surface area contributed by atoms with E-state index in [1.165, 1.54) is 24.3 Å². The molecule has 0 aliphatic heterocycles. The van der Waals surface area contributed by atoms with Gasteiger partial charge in [0.15, 0.2) is 17.1 Å². The maximum Gasteiger partial charge on any atom is 0.419 e. The fourth-order valence-electron chi connectivity index (χ4n) is 2.57. The predicted octanol–water partition coefficient (Wildman–Crippen LogP) is 3.66. The van der Waals surface area contributed by atoms with Gasteiger partial charge in [-0.15, -0.1) is 0 Å². The van der Waals surface area contributed by atoms with Crippen LogP contribution >= 0.6 is 0 Å². The lowest BCUT2D eigenvalue weighted by molar-refractivity contribution is 0.155. The number of pyridine rings is 1. The number of aromatic hydroxyl groups is 1. The first-order valence-corrected chi connectivity index (χ1v) is 7.44. The van der Waals surface area contributed by atoms with Crippen molar-refractivity contribution in [2.24, 2.45) is 0 Å². The van der Waals surface area contributed by atoms with Gasteiger partial charge >= 0.3 is 6.09 Å². The van der Waals surface area contributed by atoms with Gasteiger partial charge in [0.2, 0.25) is 0 Å². The molecule has 1 N–H and O–H groups in total. The smallest absolute Gasteiger partial charge is 0.419 e. The lowest BCUT2D eigenvalue weighted by Crippen LogP contribution is -2.21. The molecule has 2 aromatic carbocycles. The number of rotatable bonds is 2. The highest BCUT2D eigenvalue weighted by atomic mass is 19.2. The maximum absolute atomic E-state index is 14.4. The second-order valence-electron chi connectivity index (χ2n) is 5.23. The normalized spacial score (nSPS) is 10.8. The van der Waals surface area contributed by atoms with Crippen LogP contribution in [0.2, 0.25) is 0 Å². The third-order valence-electron chi connectivity index (χ3n) is 3.68. The molecule has 0 atom stereocenters. The first-order valence-electron chi connectivity index (χ1n) is 7.44. The number of benzene rings is 2. The van der Waals surface area contributed by atoms with Crippen molar-refractivity contribution >= 4 is 17.0 Å². The highest BCUT2D eigenvalue weighted by Crippen LogP contribution is 2.27. The van der Waals surface area contributed by atoms with E-state index in [0.717, 1.165) is 22.8 Å². The number of halogens is 2. The Balaban J connectivity index is 2.45. The molecule has 0 radical (unpaired) electrons. The van der Waals surface area contributed by atoms with Crippen LogP contribution in [0.5, 0.6) is 5.75 Å². The Bertz CT molecular complexity index is 1030. The Morgan fingerprint density at radius 2 is 1.84 bits per heavy atom. The van der Waals surface area contributed by atoms with Crippen molar-refractivity contribution in [3.8, 4) is 17.0 Å². The zero-order valence-corrected chi connectivity index (χ0v) is 13.1. The molecular weight excluding hydrogens is 332 g/mol. The van der Waals surface area contributed by atoms with Gasteiger partial charge in [-0.1, -0.05) is 0 Å². The van der Waals surface area contributed by atoms with Crippen molar-refractivity contribution in [3.05, 3.63) is 64.3 Å². The minimum Gasteiger partial charge on any atom is -0.508 e. The summed E-state index contributed by atoms with van der Waals surface area (Å²) in [7, 11) is 0. The van der Waals surface area contributed by atoms with Crippen LogP contribution in [0.15, 0.2) is 47.3 Å². The van der Waals surface area contributed by atoms with Gasteiger partial charge in [0.05, 0.1) is 12.3 Å². The van der Waals surface area contributed by atoms with Gasteiger partial charge in [0, 0.05) is 11.5 Å². The van der Waals surface area contributed by atoms with E-state index in [1.54, 1.807) is 6.92 Å². The standard InChI is InChI=1S/C18H13F2NO4/c1-2-25-18(24)21-14(10-3-5-11(22)6-4-10)9-15(23)12-7-8-13(19)16(20)17(12)21/h3-9,22H,2H2,1H3. The summed E-state index contributed by atoms with van der Waals surface area (Å²) in [6.45, 7) is 1.58. The fourth-order valence-corrected chi connectivity index (χ4v) is 2.57. The summed E-state index contributed by atoms with van der Waals surface area (Å²) in [5.74, 6) is -2.53. The number of nitrogens with zero attached hydrogens (tertiary/aromatic N) is 1. The highest BCUT2D eigenvalue weighted by Gasteiger charge is 2.22. The monoisotopic (exact) mass is 345 g/mol. The van der Waals surface area contributed by atoms with E-state index in [-0.39, 0.29) is 23.4 Å². The van der Waals surface area contributed by atoms with E-state index in [0.29, 0.717) is 5.56 Å². The van der Waals surface area contributed by atoms with Crippen LogP contribution in [-0.4, -0.2) is 22.4 Å². The van der Waals surface area contributed by atoms with E-state index >= 15 is 0 Å². The second kappa shape index (κ2) is 6.35. The number of ether oxygens (including phenoxy) is 1. The Labute approximate surface area is 140 Å². The molecule has 1 heterocycles. The summed E-state index contributed by atoms with van der Waals surface area (Å²) in [5.41, 5.74) is -0.680. The molecule has 0 unspecified atom stereocenters. The number of phenols is 1. The molecule has 25 heavy (non-hydrogen) atoms. The average molecular weight is 345 g/mol. The number of phenolic OH excluding ortho intramolecular Hbond substituents is 1. The van der Waals surface area contributed by atoms with Crippen molar-refractivity contribution < 1.29 is 23.4 Å². The van der Waals surface area contributed by atoms with Gasteiger partial charge in [0.1, 0.15) is 11.3 Å². The summed E-state index contributed by atoms with van der Waals surface area (Å²) in [6.07, 6.45) is -0.944. The van der Waals surface area contributed by atoms with Crippen molar-refractivity contribution in [1.29, 1.82) is 0 Å². The van der Waals surface area contributed by atoms with Crippen molar-refractivity contribution in [3.63, 3.8) is 0 Å². The number of fused-ring (bicyclic) bond motifs is 1. The van der Waals surface area contributed by atoms with Crippen LogP contribution in [0.4, 0.5) is 13.6 Å². The largest absolute Gasteiger partial charge is 0.508 e. The first kappa shape index (κ1) is 16.6. The van der Waals surface area contributed by atoms with E-state index < -0.39 is 28.7 Å². The van der Waals surface area contributed by atoms with Gasteiger partial charge in [-0.25, -0.2) is 18.1 Å². The van der Waals surface area contributed by atoms with Crippen LogP contribution < -0.4 is 5.43 Å². The van der Waals surface area contributed by atoms with Gasteiger partial charge < -0.3 is 9.84 Å². The Kier molecular flexibility index (Phi) is 4.22. The fraction of sp³-hybridized carbons (Fsp3) is 0.111. The van der Waals surface area contributed by atoms with Crippen LogP contribution in [0.3, 0.4) is 0 Å². The van der Waals surface area contributed by atoms with E-state index in [4.69, 9.17) is 4.74 Å². The van der Waals surface area contributed by atoms with E-state index in [9.17, 15) is 23.5 Å². The van der Waals surface area contributed by atoms with E-state index in [2.05, 4.69) is 0 Å². The molecule has 1 aromatic heterocycles. The highest BCUT2D eigenvalue weighted by molar-refractivity contribution is 5.93. The molecular formula is C18H13F2NO4. The summed E-state index contributed by atoms with van der Waals surface area (Å²) in [6, 6.07) is 8.68. The first-order chi connectivity index (χ1) is 11.9. The van der Waals surface area contributed by atoms with Crippen LogP contribution in [0.25, 0.3) is 22.2 Å². The third-order valence-corrected chi connectivity index (χ3v) is 3.68. The number of carbonyl (C=O) groups is 1. The van der Waals surface area contributed by atoms with Crippen molar-refractivity contribution in [1.82, 2.24) is 4.57 Å². The molecule has 0 amide bonds. The molecule has 0 bridgehead atoms. The summed E-state index contributed by atoms with van der Waals surface area (Å²) >= 11 is 0. The predicted molar refractivity (Wildman–Crippen MR) is 87.6 cm³/mol. The Morgan fingerprint density at radius 1 is 1.16 bits per heavy atom. The molecule has 3 rings (SSSR count). The summed E-state index contributed by atoms with van der Waals surface area (Å²) < 4.78 is 33.9. The minimum absolute atomic E-state index is 0.0123. The molecule has 0 saturated heterocycles.